The Balaban J connectivity index is 2.02. The van der Waals surface area contributed by atoms with Crippen molar-refractivity contribution in [2.75, 3.05) is 6.61 Å². The quantitative estimate of drug-likeness (QED) is 0.589. The lowest BCUT2D eigenvalue weighted by molar-refractivity contribution is 0.0519. The summed E-state index contributed by atoms with van der Waals surface area (Å²) in [7, 11) is 0. The minimum Gasteiger partial charge on any atom is -0.461 e. The van der Waals surface area contributed by atoms with E-state index < -0.39 is 29.5 Å². The van der Waals surface area contributed by atoms with Gasteiger partial charge in [-0.05, 0) is 39.2 Å². The van der Waals surface area contributed by atoms with Crippen LogP contribution in [0.5, 0.6) is 0 Å². The van der Waals surface area contributed by atoms with Gasteiger partial charge in [-0.3, -0.25) is 18.7 Å². The van der Waals surface area contributed by atoms with E-state index in [-0.39, 0.29) is 29.5 Å². The topological polar surface area (TPSA) is 127 Å². The van der Waals surface area contributed by atoms with Crippen LogP contribution in [0.1, 0.15) is 63.5 Å². The van der Waals surface area contributed by atoms with E-state index in [0.717, 1.165) is 17.4 Å². The Labute approximate surface area is 160 Å². The van der Waals surface area contributed by atoms with Gasteiger partial charge in [0.1, 0.15) is 17.3 Å². The van der Waals surface area contributed by atoms with Crippen molar-refractivity contribution in [1.82, 2.24) is 14.1 Å². The highest BCUT2D eigenvalue weighted by atomic mass is 16.5. The number of hydrogen-bond acceptors (Lipinski definition) is 6. The maximum Gasteiger partial charge on any atom is 0.355 e. The van der Waals surface area contributed by atoms with Crippen molar-refractivity contribution in [3.63, 3.8) is 0 Å². The summed E-state index contributed by atoms with van der Waals surface area (Å²) < 4.78 is 7.09. The number of nitriles is 1. The van der Waals surface area contributed by atoms with E-state index in [4.69, 9.17) is 4.74 Å². The number of nitrogens with zero attached hydrogens (tertiary/aromatic N) is 3. The molecule has 146 valence electrons. The molecule has 0 spiro atoms. The molecule has 1 aliphatic rings. The Morgan fingerprint density at radius 1 is 1.32 bits per heavy atom. The van der Waals surface area contributed by atoms with Crippen molar-refractivity contribution in [2.24, 2.45) is 0 Å². The highest BCUT2D eigenvalue weighted by Gasteiger charge is 2.28. The third-order valence-electron chi connectivity index (χ3n) is 4.75. The van der Waals surface area contributed by atoms with Crippen LogP contribution in [0, 0.1) is 25.2 Å². The first-order valence-corrected chi connectivity index (χ1v) is 8.95. The zero-order valence-electron chi connectivity index (χ0n) is 15.9. The fraction of sp³-hybridized carbons (Fsp3) is 0.421. The number of carbonyl (C=O) groups excluding carboxylic acids is 2. The second kappa shape index (κ2) is 7.31. The monoisotopic (exact) mass is 384 g/mol. The highest BCUT2D eigenvalue weighted by Crippen LogP contribution is 2.33. The van der Waals surface area contributed by atoms with E-state index in [1.165, 1.54) is 10.8 Å². The van der Waals surface area contributed by atoms with Gasteiger partial charge in [0.2, 0.25) is 0 Å². The van der Waals surface area contributed by atoms with Crippen molar-refractivity contribution < 1.29 is 14.3 Å². The number of H-pyrrole nitrogens is 1. The Morgan fingerprint density at radius 3 is 2.57 bits per heavy atom. The van der Waals surface area contributed by atoms with Crippen LogP contribution in [0.15, 0.2) is 15.8 Å². The van der Waals surface area contributed by atoms with E-state index in [1.807, 2.05) is 0 Å². The Kier molecular flexibility index (Phi) is 5.05. The highest BCUT2D eigenvalue weighted by molar-refractivity contribution is 6.02. The summed E-state index contributed by atoms with van der Waals surface area (Å²) in [6.07, 6.45) is 2.83. The summed E-state index contributed by atoms with van der Waals surface area (Å²) >= 11 is 0. The average molecular weight is 384 g/mol. The molecule has 0 bridgehead atoms. The molecule has 3 rings (SSSR count). The zero-order chi connectivity index (χ0) is 20.6. The van der Waals surface area contributed by atoms with Gasteiger partial charge in [-0.15, -0.1) is 0 Å². The van der Waals surface area contributed by atoms with Gasteiger partial charge >= 0.3 is 11.7 Å². The molecule has 0 aromatic carbocycles. The van der Waals surface area contributed by atoms with Crippen LogP contribution in [-0.4, -0.2) is 32.5 Å². The molecule has 0 unspecified atom stereocenters. The predicted octanol–water partition coefficient (Wildman–Crippen LogP) is 1.22. The lowest BCUT2D eigenvalue weighted by Crippen LogP contribution is -2.42. The summed E-state index contributed by atoms with van der Waals surface area (Å²) in [5.41, 5.74) is -0.365. The minimum absolute atomic E-state index is 0.0484. The molecule has 0 amide bonds. The van der Waals surface area contributed by atoms with Crippen molar-refractivity contribution >= 4 is 11.8 Å². The number of Topliss-reactive ketones (excluding diaryl/α,β-unsaturated/α-hetero) is 1. The number of aromatic amines is 1. The van der Waals surface area contributed by atoms with Gasteiger partial charge in [0.05, 0.1) is 13.2 Å². The Morgan fingerprint density at radius 2 is 2.00 bits per heavy atom. The molecule has 0 atom stereocenters. The molecule has 1 aliphatic carbocycles. The second-order valence-electron chi connectivity index (χ2n) is 6.74. The lowest BCUT2D eigenvalue weighted by Gasteiger charge is -2.10. The van der Waals surface area contributed by atoms with Crippen LogP contribution < -0.4 is 11.2 Å². The molecule has 1 fully saturated rings. The van der Waals surface area contributed by atoms with Crippen molar-refractivity contribution in [2.45, 2.75) is 46.2 Å². The van der Waals surface area contributed by atoms with Crippen LogP contribution in [0.25, 0.3) is 0 Å². The first kappa shape index (κ1) is 19.4. The average Bonchev–Trinajstić information content (AvgIpc) is 3.44. The maximum atomic E-state index is 12.9. The van der Waals surface area contributed by atoms with Crippen molar-refractivity contribution in [1.29, 1.82) is 5.26 Å². The Bertz CT molecular complexity index is 1120. The predicted molar refractivity (Wildman–Crippen MR) is 98.5 cm³/mol. The number of carbonyl (C=O) groups is 2. The zero-order valence-corrected chi connectivity index (χ0v) is 15.9. The number of aryl methyl sites for hydroxylation is 1. The fourth-order valence-electron chi connectivity index (χ4n) is 3.25. The molecule has 2 aromatic heterocycles. The van der Waals surface area contributed by atoms with Crippen molar-refractivity contribution in [3.05, 3.63) is 55.1 Å². The molecule has 1 saturated carbocycles. The number of esters is 1. The SMILES string of the molecule is CCOC(=O)c1[nH]c(C)c(C(=O)Cn2c(=O)c(C#N)cn(C3CC3)c2=O)c1C. The summed E-state index contributed by atoms with van der Waals surface area (Å²) in [4.78, 5) is 52.8. The van der Waals surface area contributed by atoms with Crippen LogP contribution in [0.4, 0.5) is 0 Å². The van der Waals surface area contributed by atoms with E-state index >= 15 is 0 Å². The summed E-state index contributed by atoms with van der Waals surface area (Å²) in [5, 5.41) is 9.19. The number of ketones is 1. The second-order valence-corrected chi connectivity index (χ2v) is 6.74. The number of nitrogens with one attached hydrogen (secondary N) is 1. The van der Waals surface area contributed by atoms with Gasteiger partial charge in [-0.1, -0.05) is 0 Å². The molecule has 0 radical (unpaired) electrons. The van der Waals surface area contributed by atoms with Crippen LogP contribution in [-0.2, 0) is 11.3 Å². The summed E-state index contributed by atoms with van der Waals surface area (Å²) in [6, 6.07) is 1.73. The largest absolute Gasteiger partial charge is 0.461 e. The summed E-state index contributed by atoms with van der Waals surface area (Å²) in [5.74, 6) is -1.08. The van der Waals surface area contributed by atoms with Gasteiger partial charge < -0.3 is 9.72 Å². The first-order valence-electron chi connectivity index (χ1n) is 8.95. The molecule has 1 N–H and O–H groups in total. The molecule has 0 aliphatic heterocycles. The number of hydrogen-bond donors (Lipinski definition) is 1. The minimum atomic E-state index is -0.797. The van der Waals surface area contributed by atoms with Gasteiger partial charge in [-0.2, -0.15) is 5.26 Å². The molecule has 2 aromatic rings. The fourth-order valence-corrected chi connectivity index (χ4v) is 3.25. The molecule has 0 saturated heterocycles. The maximum absolute atomic E-state index is 12.9. The molecule has 9 heteroatoms. The standard InChI is InChI=1S/C19H20N4O5/c1-4-28-18(26)16-10(2)15(11(3)21-16)14(24)9-23-17(25)12(7-20)8-22(19(23)27)13-5-6-13/h8,13,21H,4-6,9H2,1-3H3. The lowest BCUT2D eigenvalue weighted by atomic mass is 10.1. The van der Waals surface area contributed by atoms with Gasteiger partial charge in [0.25, 0.3) is 5.56 Å². The van der Waals surface area contributed by atoms with Crippen LogP contribution in [0.2, 0.25) is 0 Å². The Hall–Kier alpha value is -3.41. The van der Waals surface area contributed by atoms with E-state index in [0.29, 0.717) is 11.3 Å². The molecular weight excluding hydrogens is 364 g/mol. The van der Waals surface area contributed by atoms with Crippen molar-refractivity contribution in [3.8, 4) is 6.07 Å². The summed E-state index contributed by atoms with van der Waals surface area (Å²) in [6.45, 7) is 4.58. The number of rotatable bonds is 6. The molecular formula is C19H20N4O5. The third-order valence-corrected chi connectivity index (χ3v) is 4.75. The van der Waals surface area contributed by atoms with E-state index in [9.17, 15) is 24.4 Å². The number of aromatic nitrogens is 3. The van der Waals surface area contributed by atoms with Gasteiger partial charge in [0.15, 0.2) is 5.78 Å². The van der Waals surface area contributed by atoms with E-state index in [2.05, 4.69) is 4.98 Å². The van der Waals surface area contributed by atoms with Crippen LogP contribution >= 0.6 is 0 Å². The first-order chi connectivity index (χ1) is 13.3. The third kappa shape index (κ3) is 3.29. The van der Waals surface area contributed by atoms with E-state index in [1.54, 1.807) is 26.8 Å². The smallest absolute Gasteiger partial charge is 0.355 e. The normalized spacial score (nSPS) is 13.2. The van der Waals surface area contributed by atoms with Crippen LogP contribution in [0.3, 0.4) is 0 Å². The van der Waals surface area contributed by atoms with Gasteiger partial charge in [0, 0.05) is 23.5 Å². The molecule has 2 heterocycles. The van der Waals surface area contributed by atoms with Gasteiger partial charge in [-0.25, -0.2) is 9.59 Å². The molecule has 28 heavy (non-hydrogen) atoms. The molecule has 9 nitrogen and oxygen atoms in total. The number of ether oxygens (including phenoxy) is 1.